The SMILES string of the molecule is FC1=C(F)CCC(S)=C1. The fourth-order valence-electron chi connectivity index (χ4n) is 0.654. The van der Waals surface area contributed by atoms with Crippen LogP contribution < -0.4 is 0 Å². The smallest absolute Gasteiger partial charge is 0.155 e. The first-order chi connectivity index (χ1) is 4.20. The molecule has 0 radical (unpaired) electrons. The van der Waals surface area contributed by atoms with Gasteiger partial charge in [0.25, 0.3) is 0 Å². The van der Waals surface area contributed by atoms with Crippen LogP contribution in [0, 0.1) is 0 Å². The molecule has 3 heteroatoms. The quantitative estimate of drug-likeness (QED) is 0.502. The molecule has 0 aromatic rings. The highest BCUT2D eigenvalue weighted by atomic mass is 32.1. The van der Waals surface area contributed by atoms with Gasteiger partial charge in [-0.05, 0) is 17.4 Å². The molecule has 1 rings (SSSR count). The normalized spacial score (nSPS) is 20.1. The highest BCUT2D eigenvalue weighted by Gasteiger charge is 2.09. The zero-order valence-electron chi connectivity index (χ0n) is 4.69. The van der Waals surface area contributed by atoms with Gasteiger partial charge < -0.3 is 0 Å². The van der Waals surface area contributed by atoms with Gasteiger partial charge in [0, 0.05) is 6.42 Å². The molecule has 1 aliphatic carbocycles. The van der Waals surface area contributed by atoms with Crippen molar-refractivity contribution >= 4 is 12.6 Å². The minimum atomic E-state index is -0.772. The summed E-state index contributed by atoms with van der Waals surface area (Å²) in [6, 6.07) is 0. The molecule has 0 saturated heterocycles. The van der Waals surface area contributed by atoms with E-state index in [1.807, 2.05) is 0 Å². The van der Waals surface area contributed by atoms with Gasteiger partial charge in [-0.2, -0.15) is 0 Å². The second kappa shape index (κ2) is 2.52. The molecule has 50 valence electrons. The van der Waals surface area contributed by atoms with Crippen LogP contribution in [0.1, 0.15) is 12.8 Å². The van der Waals surface area contributed by atoms with Crippen molar-refractivity contribution in [2.75, 3.05) is 0 Å². The predicted octanol–water partition coefficient (Wildman–Crippen LogP) is 2.74. The molecule has 0 aromatic carbocycles. The maximum absolute atomic E-state index is 12.2. The Morgan fingerprint density at radius 2 is 2.00 bits per heavy atom. The van der Waals surface area contributed by atoms with Crippen molar-refractivity contribution in [3.63, 3.8) is 0 Å². The zero-order valence-corrected chi connectivity index (χ0v) is 5.59. The molecule has 0 N–H and O–H groups in total. The van der Waals surface area contributed by atoms with Crippen LogP contribution in [-0.4, -0.2) is 0 Å². The van der Waals surface area contributed by atoms with E-state index in [4.69, 9.17) is 0 Å². The third-order valence-corrected chi connectivity index (χ3v) is 1.51. The van der Waals surface area contributed by atoms with Gasteiger partial charge in [-0.3, -0.25) is 0 Å². The molecule has 0 bridgehead atoms. The van der Waals surface area contributed by atoms with E-state index in [1.54, 1.807) is 0 Å². The lowest BCUT2D eigenvalue weighted by atomic mass is 10.1. The van der Waals surface area contributed by atoms with E-state index in [2.05, 4.69) is 12.6 Å². The highest BCUT2D eigenvalue weighted by molar-refractivity contribution is 7.84. The van der Waals surface area contributed by atoms with E-state index in [0.717, 1.165) is 6.08 Å². The molecule has 0 saturated carbocycles. The molecule has 9 heavy (non-hydrogen) atoms. The van der Waals surface area contributed by atoms with Gasteiger partial charge in [0.2, 0.25) is 0 Å². The first-order valence-corrected chi connectivity index (χ1v) is 3.08. The Morgan fingerprint density at radius 3 is 2.44 bits per heavy atom. The first-order valence-electron chi connectivity index (χ1n) is 2.64. The van der Waals surface area contributed by atoms with Crippen molar-refractivity contribution in [2.45, 2.75) is 12.8 Å². The van der Waals surface area contributed by atoms with Gasteiger partial charge in [-0.25, -0.2) is 8.78 Å². The molecule has 0 atom stereocenters. The number of hydrogen-bond donors (Lipinski definition) is 1. The van der Waals surface area contributed by atoms with Crippen LogP contribution in [0.4, 0.5) is 8.78 Å². The Morgan fingerprint density at radius 1 is 1.33 bits per heavy atom. The van der Waals surface area contributed by atoms with E-state index in [9.17, 15) is 8.78 Å². The third-order valence-electron chi connectivity index (χ3n) is 1.15. The lowest BCUT2D eigenvalue weighted by Gasteiger charge is -2.04. The maximum atomic E-state index is 12.2. The molecule has 1 aliphatic rings. The summed E-state index contributed by atoms with van der Waals surface area (Å²) >= 11 is 3.88. The van der Waals surface area contributed by atoms with Crippen LogP contribution in [0.5, 0.6) is 0 Å². The number of halogens is 2. The zero-order chi connectivity index (χ0) is 6.85. The van der Waals surface area contributed by atoms with Crippen molar-refractivity contribution in [3.8, 4) is 0 Å². The van der Waals surface area contributed by atoms with Crippen LogP contribution in [0.3, 0.4) is 0 Å². The maximum Gasteiger partial charge on any atom is 0.155 e. The Bertz CT molecular complexity index is 181. The van der Waals surface area contributed by atoms with Crippen molar-refractivity contribution in [2.24, 2.45) is 0 Å². The van der Waals surface area contributed by atoms with Gasteiger partial charge >= 0.3 is 0 Å². The standard InChI is InChI=1S/C6H6F2S/c7-5-2-1-4(9)3-6(5)8/h3,9H,1-2H2. The summed E-state index contributed by atoms with van der Waals surface area (Å²) in [6.45, 7) is 0. The van der Waals surface area contributed by atoms with E-state index in [0.29, 0.717) is 11.3 Å². The van der Waals surface area contributed by atoms with Gasteiger partial charge in [-0.15, -0.1) is 12.6 Å². The Hall–Kier alpha value is -0.310. The second-order valence-corrected chi connectivity index (χ2v) is 2.46. The largest absolute Gasteiger partial charge is 0.209 e. The Balaban J connectivity index is 2.83. The molecule has 0 heterocycles. The average molecular weight is 148 g/mol. The number of thiol groups is 1. The molecular weight excluding hydrogens is 142 g/mol. The van der Waals surface area contributed by atoms with E-state index < -0.39 is 11.7 Å². The van der Waals surface area contributed by atoms with Crippen molar-refractivity contribution in [1.82, 2.24) is 0 Å². The van der Waals surface area contributed by atoms with Gasteiger partial charge in [0.1, 0.15) is 5.83 Å². The number of allylic oxidation sites excluding steroid dienone is 4. The minimum absolute atomic E-state index is 0.154. The van der Waals surface area contributed by atoms with Crippen LogP contribution in [0.2, 0.25) is 0 Å². The van der Waals surface area contributed by atoms with Crippen LogP contribution >= 0.6 is 12.6 Å². The lowest BCUT2D eigenvalue weighted by Crippen LogP contribution is -1.87. The topological polar surface area (TPSA) is 0 Å². The molecule has 0 amide bonds. The van der Waals surface area contributed by atoms with Crippen molar-refractivity contribution in [3.05, 3.63) is 22.6 Å². The molecule has 0 nitrogen and oxygen atoms in total. The number of hydrogen-bond acceptors (Lipinski definition) is 1. The first kappa shape index (κ1) is 6.81. The fraction of sp³-hybridized carbons (Fsp3) is 0.333. The average Bonchev–Trinajstić information content (AvgIpc) is 1.80. The predicted molar refractivity (Wildman–Crippen MR) is 35.5 cm³/mol. The monoisotopic (exact) mass is 148 g/mol. The molecule has 0 aromatic heterocycles. The summed E-state index contributed by atoms with van der Waals surface area (Å²) in [6.07, 6.45) is 1.78. The molecule has 0 fully saturated rings. The third kappa shape index (κ3) is 1.55. The fourth-order valence-corrected chi connectivity index (χ4v) is 0.879. The highest BCUT2D eigenvalue weighted by Crippen LogP contribution is 2.26. The van der Waals surface area contributed by atoms with Crippen LogP contribution in [-0.2, 0) is 0 Å². The summed E-state index contributed by atoms with van der Waals surface area (Å²) < 4.78 is 24.4. The molecule has 0 aliphatic heterocycles. The van der Waals surface area contributed by atoms with Crippen molar-refractivity contribution < 1.29 is 8.78 Å². The van der Waals surface area contributed by atoms with Crippen LogP contribution in [0.25, 0.3) is 0 Å². The summed E-state index contributed by atoms with van der Waals surface area (Å²) in [5.41, 5.74) is 0. The minimum Gasteiger partial charge on any atom is -0.209 e. The van der Waals surface area contributed by atoms with E-state index >= 15 is 0 Å². The van der Waals surface area contributed by atoms with E-state index in [1.165, 1.54) is 0 Å². The summed E-state index contributed by atoms with van der Waals surface area (Å²) in [4.78, 5) is 0.605. The Labute approximate surface area is 57.7 Å². The summed E-state index contributed by atoms with van der Waals surface area (Å²) in [5, 5.41) is 0. The molecular formula is C6H6F2S. The number of rotatable bonds is 0. The summed E-state index contributed by atoms with van der Waals surface area (Å²) in [5.74, 6) is -1.43. The van der Waals surface area contributed by atoms with Crippen molar-refractivity contribution in [1.29, 1.82) is 0 Å². The van der Waals surface area contributed by atoms with Gasteiger partial charge in [0.05, 0.1) is 0 Å². The lowest BCUT2D eigenvalue weighted by molar-refractivity contribution is 0.515. The molecule has 0 spiro atoms. The van der Waals surface area contributed by atoms with Gasteiger partial charge in [-0.1, -0.05) is 0 Å². The van der Waals surface area contributed by atoms with Crippen LogP contribution in [0.15, 0.2) is 22.6 Å². The van der Waals surface area contributed by atoms with Gasteiger partial charge in [0.15, 0.2) is 5.83 Å². The van der Waals surface area contributed by atoms with E-state index in [-0.39, 0.29) is 6.42 Å². The molecule has 0 unspecified atom stereocenters. The summed E-state index contributed by atoms with van der Waals surface area (Å²) in [7, 11) is 0. The second-order valence-electron chi connectivity index (χ2n) is 1.89. The Kier molecular flexibility index (Phi) is 1.90.